The molecule has 0 bridgehead atoms. The molecule has 2 heteroatoms. The predicted octanol–water partition coefficient (Wildman–Crippen LogP) is 3.59. The first kappa shape index (κ1) is 11.5. The van der Waals surface area contributed by atoms with Crippen LogP contribution in [0.1, 0.15) is 37.8 Å². The second-order valence-electron chi connectivity index (χ2n) is 5.75. The second-order valence-corrected chi connectivity index (χ2v) is 5.75. The zero-order valence-electron chi connectivity index (χ0n) is 11.2. The number of hydrogen-bond acceptors (Lipinski definition) is 2. The zero-order chi connectivity index (χ0) is 12.9. The van der Waals surface area contributed by atoms with E-state index >= 15 is 0 Å². The molecule has 1 aromatic rings. The van der Waals surface area contributed by atoms with Crippen LogP contribution in [0.5, 0.6) is 5.75 Å². The summed E-state index contributed by atoms with van der Waals surface area (Å²) < 4.78 is 0. The molecule has 2 aliphatic rings. The Balaban J connectivity index is 2.25. The van der Waals surface area contributed by atoms with Crippen LogP contribution in [-0.4, -0.2) is 17.9 Å². The molecule has 1 N–H and O–H groups in total. The normalized spacial score (nSPS) is 28.5. The number of phenolic OH excluding ortho intramolecular Hbond substituents is 1. The molecule has 2 aliphatic carbocycles. The van der Waals surface area contributed by atoms with E-state index in [0.717, 1.165) is 19.3 Å². The maximum absolute atomic E-state index is 9.64. The molecule has 0 aliphatic heterocycles. The van der Waals surface area contributed by atoms with Gasteiger partial charge in [0.15, 0.2) is 0 Å². The lowest BCUT2D eigenvalue weighted by Gasteiger charge is -2.33. The Labute approximate surface area is 108 Å². The van der Waals surface area contributed by atoms with Crippen molar-refractivity contribution < 1.29 is 5.11 Å². The molecule has 1 atom stereocenters. The average molecular weight is 241 g/mol. The van der Waals surface area contributed by atoms with Crippen molar-refractivity contribution in [2.24, 2.45) is 10.4 Å². The molecule has 18 heavy (non-hydrogen) atoms. The van der Waals surface area contributed by atoms with Gasteiger partial charge in [0.1, 0.15) is 5.75 Å². The highest BCUT2D eigenvalue weighted by atomic mass is 16.3. The van der Waals surface area contributed by atoms with E-state index in [9.17, 15) is 5.11 Å². The van der Waals surface area contributed by atoms with Gasteiger partial charge in [-0.05, 0) is 66.0 Å². The number of aliphatic imine (C=N–C) groups is 1. The molecule has 1 aromatic carbocycles. The van der Waals surface area contributed by atoms with Crippen molar-refractivity contribution in [3.05, 3.63) is 34.9 Å². The fourth-order valence-corrected chi connectivity index (χ4v) is 3.68. The van der Waals surface area contributed by atoms with Crippen LogP contribution in [0.3, 0.4) is 0 Å². The largest absolute Gasteiger partial charge is 0.508 e. The van der Waals surface area contributed by atoms with Gasteiger partial charge in [0, 0.05) is 12.8 Å². The Morgan fingerprint density at radius 3 is 2.83 bits per heavy atom. The van der Waals surface area contributed by atoms with E-state index in [2.05, 4.69) is 24.9 Å². The van der Waals surface area contributed by atoms with Gasteiger partial charge in [0.05, 0.1) is 0 Å². The summed E-state index contributed by atoms with van der Waals surface area (Å²) in [5, 5.41) is 9.64. The molecule has 0 heterocycles. The minimum absolute atomic E-state index is 0.231. The molecule has 0 spiro atoms. The van der Waals surface area contributed by atoms with Gasteiger partial charge in [-0.2, -0.15) is 0 Å². The molecule has 3 rings (SSSR count). The van der Waals surface area contributed by atoms with Crippen molar-refractivity contribution in [3.8, 4) is 5.75 Å². The number of aromatic hydroxyl groups is 1. The highest BCUT2D eigenvalue weighted by molar-refractivity contribution is 6.09. The Bertz CT molecular complexity index is 583. The lowest BCUT2D eigenvalue weighted by molar-refractivity contribution is 0.423. The number of nitrogens with zero attached hydrogens (tertiary/aromatic N) is 1. The van der Waals surface area contributed by atoms with Crippen LogP contribution < -0.4 is 0 Å². The molecule has 0 saturated heterocycles. The van der Waals surface area contributed by atoms with Crippen LogP contribution in [0.25, 0.3) is 5.57 Å². The summed E-state index contributed by atoms with van der Waals surface area (Å²) in [4.78, 5) is 4.42. The number of fused-ring (bicyclic) bond motifs is 3. The first-order chi connectivity index (χ1) is 8.55. The highest BCUT2D eigenvalue weighted by Gasteiger charge is 2.41. The van der Waals surface area contributed by atoms with E-state index in [1.54, 1.807) is 6.07 Å². The molecule has 0 aromatic heterocycles. The monoisotopic (exact) mass is 241 g/mol. The lowest BCUT2D eigenvalue weighted by atomic mass is 9.71. The quantitative estimate of drug-likeness (QED) is 0.739. The highest BCUT2D eigenvalue weighted by Crippen LogP contribution is 2.53. The summed E-state index contributed by atoms with van der Waals surface area (Å²) in [6.07, 6.45) is 3.27. The maximum atomic E-state index is 9.64. The number of hydrogen-bond donors (Lipinski definition) is 1. The smallest absolute Gasteiger partial charge is 0.115 e. The van der Waals surface area contributed by atoms with Crippen molar-refractivity contribution in [1.82, 2.24) is 0 Å². The molecule has 94 valence electrons. The third kappa shape index (κ3) is 1.45. The van der Waals surface area contributed by atoms with E-state index in [4.69, 9.17) is 0 Å². The summed E-state index contributed by atoms with van der Waals surface area (Å²) in [6.45, 7) is 4.53. The summed E-state index contributed by atoms with van der Waals surface area (Å²) in [6, 6.07) is 5.78. The summed E-state index contributed by atoms with van der Waals surface area (Å²) in [5.74, 6) is 0.374. The molecular formula is C16H19NO. The van der Waals surface area contributed by atoms with E-state index in [0.29, 0.717) is 5.75 Å². The van der Waals surface area contributed by atoms with Gasteiger partial charge >= 0.3 is 0 Å². The molecule has 2 nitrogen and oxygen atoms in total. The van der Waals surface area contributed by atoms with Crippen LogP contribution in [-0.2, 0) is 6.42 Å². The van der Waals surface area contributed by atoms with Gasteiger partial charge in [-0.15, -0.1) is 0 Å². The van der Waals surface area contributed by atoms with Gasteiger partial charge < -0.3 is 5.11 Å². The van der Waals surface area contributed by atoms with Crippen molar-refractivity contribution in [3.63, 3.8) is 0 Å². The van der Waals surface area contributed by atoms with Crippen LogP contribution in [0.15, 0.2) is 28.8 Å². The third-order valence-electron chi connectivity index (χ3n) is 4.53. The number of allylic oxidation sites excluding steroid dienone is 2. The average Bonchev–Trinajstić information content (AvgIpc) is 2.61. The first-order valence-electron chi connectivity index (χ1n) is 6.55. The number of benzene rings is 1. The molecule has 0 saturated carbocycles. The predicted molar refractivity (Wildman–Crippen MR) is 75.1 cm³/mol. The second kappa shape index (κ2) is 3.71. The minimum Gasteiger partial charge on any atom is -0.508 e. The summed E-state index contributed by atoms with van der Waals surface area (Å²) >= 11 is 0. The van der Waals surface area contributed by atoms with Crippen molar-refractivity contribution in [2.45, 2.75) is 33.1 Å². The molecule has 0 amide bonds. The Morgan fingerprint density at radius 1 is 1.33 bits per heavy atom. The molecular weight excluding hydrogens is 222 g/mol. The fourth-order valence-electron chi connectivity index (χ4n) is 3.68. The third-order valence-corrected chi connectivity index (χ3v) is 4.53. The van der Waals surface area contributed by atoms with Crippen LogP contribution in [0, 0.1) is 5.41 Å². The van der Waals surface area contributed by atoms with Gasteiger partial charge in [-0.3, -0.25) is 4.99 Å². The zero-order valence-corrected chi connectivity index (χ0v) is 11.2. The SMILES string of the molecule is CN=C1CCC2(C)Cc3cc(O)ccc3C2=C1C. The fraction of sp³-hybridized carbons (Fsp3) is 0.438. The van der Waals surface area contributed by atoms with Gasteiger partial charge in [0.2, 0.25) is 0 Å². The first-order valence-corrected chi connectivity index (χ1v) is 6.55. The minimum atomic E-state index is 0.231. The topological polar surface area (TPSA) is 32.6 Å². The Morgan fingerprint density at radius 2 is 2.11 bits per heavy atom. The standard InChI is InChI=1S/C16H19NO/c1-10-14(17-3)6-7-16(2)9-11-8-12(18)4-5-13(11)15(10)16/h4-5,8,18H,6-7,9H2,1-3H3. The lowest BCUT2D eigenvalue weighted by Crippen LogP contribution is -2.24. The van der Waals surface area contributed by atoms with E-state index in [1.807, 2.05) is 13.1 Å². The maximum Gasteiger partial charge on any atom is 0.115 e. The number of phenols is 1. The Kier molecular flexibility index (Phi) is 2.37. The Hall–Kier alpha value is -1.57. The van der Waals surface area contributed by atoms with E-state index < -0.39 is 0 Å². The van der Waals surface area contributed by atoms with Crippen LogP contribution >= 0.6 is 0 Å². The van der Waals surface area contributed by atoms with Gasteiger partial charge in [-0.1, -0.05) is 13.0 Å². The molecule has 1 unspecified atom stereocenters. The van der Waals surface area contributed by atoms with Gasteiger partial charge in [-0.25, -0.2) is 0 Å². The van der Waals surface area contributed by atoms with Gasteiger partial charge in [0.25, 0.3) is 0 Å². The summed E-state index contributed by atoms with van der Waals surface area (Å²) in [7, 11) is 1.88. The molecule has 0 radical (unpaired) electrons. The summed E-state index contributed by atoms with van der Waals surface area (Å²) in [5.41, 5.74) is 6.86. The number of rotatable bonds is 0. The van der Waals surface area contributed by atoms with Crippen molar-refractivity contribution in [2.75, 3.05) is 7.05 Å². The van der Waals surface area contributed by atoms with Crippen molar-refractivity contribution in [1.29, 1.82) is 0 Å². The van der Waals surface area contributed by atoms with Crippen molar-refractivity contribution >= 4 is 11.3 Å². The van der Waals surface area contributed by atoms with Crippen LogP contribution in [0.4, 0.5) is 0 Å². The van der Waals surface area contributed by atoms with Crippen LogP contribution in [0.2, 0.25) is 0 Å². The van der Waals surface area contributed by atoms with E-state index in [1.165, 1.54) is 28.0 Å². The van der Waals surface area contributed by atoms with E-state index in [-0.39, 0.29) is 5.41 Å². The molecule has 0 fully saturated rings.